The Morgan fingerprint density at radius 3 is 2.76 bits per heavy atom. The van der Waals surface area contributed by atoms with Crippen LogP contribution in [0.3, 0.4) is 0 Å². The van der Waals surface area contributed by atoms with E-state index in [-0.39, 0.29) is 12.1 Å². The van der Waals surface area contributed by atoms with Crippen molar-refractivity contribution in [3.8, 4) is 0 Å². The van der Waals surface area contributed by atoms with Gasteiger partial charge in [0.25, 0.3) is 0 Å². The van der Waals surface area contributed by atoms with Crippen LogP contribution in [-0.4, -0.2) is 43.1 Å². The van der Waals surface area contributed by atoms with Crippen molar-refractivity contribution < 1.29 is 9.53 Å². The molecule has 3 aliphatic rings. The van der Waals surface area contributed by atoms with E-state index < -0.39 is 5.41 Å². The first-order chi connectivity index (χ1) is 10.3. The maximum absolute atomic E-state index is 13.2. The Labute approximate surface area is 125 Å². The van der Waals surface area contributed by atoms with Crippen LogP contribution >= 0.6 is 0 Å². The van der Waals surface area contributed by atoms with Gasteiger partial charge in [-0.2, -0.15) is 0 Å². The number of carbonyl (C=O) groups excluding carboxylic acids is 1. The van der Waals surface area contributed by atoms with Gasteiger partial charge in [0.05, 0.1) is 18.1 Å². The maximum atomic E-state index is 13.2. The minimum Gasteiger partial charge on any atom is -0.371 e. The van der Waals surface area contributed by atoms with E-state index in [4.69, 9.17) is 4.74 Å². The summed E-state index contributed by atoms with van der Waals surface area (Å²) in [4.78, 5) is 15.3. The summed E-state index contributed by atoms with van der Waals surface area (Å²) in [7, 11) is 0. The highest BCUT2D eigenvalue weighted by Crippen LogP contribution is 2.51. The van der Waals surface area contributed by atoms with Crippen LogP contribution < -0.4 is 5.32 Å². The van der Waals surface area contributed by atoms with Crippen molar-refractivity contribution in [3.63, 3.8) is 0 Å². The summed E-state index contributed by atoms with van der Waals surface area (Å²) < 4.78 is 6.08. The fraction of sp³-hybridized carbons (Fsp3) is 0.588. The Hall–Kier alpha value is -1.39. The zero-order valence-electron chi connectivity index (χ0n) is 12.3. The smallest absolute Gasteiger partial charge is 0.233 e. The van der Waals surface area contributed by atoms with E-state index in [1.54, 1.807) is 0 Å². The van der Waals surface area contributed by atoms with Gasteiger partial charge in [0.1, 0.15) is 0 Å². The van der Waals surface area contributed by atoms with Crippen molar-refractivity contribution in [2.75, 3.05) is 26.2 Å². The molecule has 3 heterocycles. The number of fused-ring (bicyclic) bond motifs is 1. The van der Waals surface area contributed by atoms with E-state index in [2.05, 4.69) is 22.3 Å². The number of benzene rings is 1. The quantitative estimate of drug-likeness (QED) is 0.900. The Morgan fingerprint density at radius 2 is 2.00 bits per heavy atom. The number of hydrogen-bond acceptors (Lipinski definition) is 3. The first kappa shape index (κ1) is 13.3. The van der Waals surface area contributed by atoms with Crippen molar-refractivity contribution in [1.82, 2.24) is 10.2 Å². The molecular weight excluding hydrogens is 264 g/mol. The summed E-state index contributed by atoms with van der Waals surface area (Å²) in [6, 6.07) is 10.4. The molecule has 1 amide bonds. The van der Waals surface area contributed by atoms with E-state index in [1.807, 2.05) is 18.2 Å². The third kappa shape index (κ3) is 1.93. The van der Waals surface area contributed by atoms with E-state index in [1.165, 1.54) is 0 Å². The molecular formula is C17H22N2O2. The standard InChI is InChI=1S/C17H22N2O2/c20-16(19-10-4-5-11-19)17-8-9-18-14(17)12-21-15(17)13-6-2-1-3-7-13/h1-3,6-7,14-15,18H,4-5,8-12H2. The fourth-order valence-electron chi connectivity index (χ4n) is 4.28. The lowest BCUT2D eigenvalue weighted by atomic mass is 9.73. The van der Waals surface area contributed by atoms with Crippen molar-refractivity contribution in [2.24, 2.45) is 5.41 Å². The van der Waals surface area contributed by atoms with Crippen LogP contribution in [0.15, 0.2) is 30.3 Å². The summed E-state index contributed by atoms with van der Waals surface area (Å²) >= 11 is 0. The summed E-state index contributed by atoms with van der Waals surface area (Å²) in [5, 5.41) is 3.49. The summed E-state index contributed by atoms with van der Waals surface area (Å²) in [5.74, 6) is 0.307. The Morgan fingerprint density at radius 1 is 1.24 bits per heavy atom. The largest absolute Gasteiger partial charge is 0.371 e. The normalized spacial score (nSPS) is 35.1. The topological polar surface area (TPSA) is 41.6 Å². The SMILES string of the molecule is O=C(N1CCCC1)C12CCNC1COC2c1ccccc1. The molecule has 0 aliphatic carbocycles. The number of hydrogen-bond donors (Lipinski definition) is 1. The lowest BCUT2D eigenvalue weighted by Crippen LogP contribution is -2.49. The minimum atomic E-state index is -0.397. The van der Waals surface area contributed by atoms with Crippen molar-refractivity contribution in [2.45, 2.75) is 31.4 Å². The number of carbonyl (C=O) groups is 1. The molecule has 3 atom stereocenters. The van der Waals surface area contributed by atoms with Gasteiger partial charge in [-0.15, -0.1) is 0 Å². The molecule has 1 aromatic carbocycles. The average Bonchev–Trinajstić information content (AvgIpc) is 3.23. The summed E-state index contributed by atoms with van der Waals surface area (Å²) in [6.07, 6.45) is 3.05. The molecule has 3 unspecified atom stereocenters. The van der Waals surface area contributed by atoms with Crippen LogP contribution in [0.2, 0.25) is 0 Å². The van der Waals surface area contributed by atoms with Crippen molar-refractivity contribution in [3.05, 3.63) is 35.9 Å². The molecule has 0 spiro atoms. The third-order valence-electron chi connectivity index (χ3n) is 5.34. The molecule has 0 bridgehead atoms. The van der Waals surface area contributed by atoms with Gasteiger partial charge in [-0.1, -0.05) is 30.3 Å². The van der Waals surface area contributed by atoms with Crippen LogP contribution in [0.25, 0.3) is 0 Å². The average molecular weight is 286 g/mol. The van der Waals surface area contributed by atoms with Gasteiger partial charge in [-0.05, 0) is 31.4 Å². The minimum absolute atomic E-state index is 0.105. The molecule has 3 saturated heterocycles. The molecule has 1 N–H and O–H groups in total. The van der Waals surface area contributed by atoms with Crippen LogP contribution in [0.4, 0.5) is 0 Å². The number of ether oxygens (including phenoxy) is 1. The number of nitrogens with zero attached hydrogens (tertiary/aromatic N) is 1. The molecule has 4 heteroatoms. The van der Waals surface area contributed by atoms with E-state index in [0.29, 0.717) is 12.5 Å². The number of amides is 1. The maximum Gasteiger partial charge on any atom is 0.233 e. The number of likely N-dealkylation sites (tertiary alicyclic amines) is 1. The lowest BCUT2D eigenvalue weighted by Gasteiger charge is -2.35. The number of nitrogens with one attached hydrogen (secondary N) is 1. The molecule has 0 radical (unpaired) electrons. The zero-order chi connectivity index (χ0) is 14.3. The molecule has 3 fully saturated rings. The molecule has 0 aromatic heterocycles. The van der Waals surface area contributed by atoms with Gasteiger partial charge in [-0.3, -0.25) is 4.79 Å². The Kier molecular flexibility index (Phi) is 3.23. The zero-order valence-corrected chi connectivity index (χ0v) is 12.3. The van der Waals surface area contributed by atoms with E-state index in [0.717, 1.165) is 44.5 Å². The second-order valence-corrected chi connectivity index (χ2v) is 6.42. The van der Waals surface area contributed by atoms with Gasteiger partial charge in [0.15, 0.2) is 0 Å². The van der Waals surface area contributed by atoms with Crippen LogP contribution in [-0.2, 0) is 9.53 Å². The summed E-state index contributed by atoms with van der Waals surface area (Å²) in [5.41, 5.74) is 0.738. The van der Waals surface area contributed by atoms with Crippen molar-refractivity contribution >= 4 is 5.91 Å². The highest BCUT2D eigenvalue weighted by atomic mass is 16.5. The first-order valence-corrected chi connectivity index (χ1v) is 8.02. The second kappa shape index (κ2) is 5.11. The molecule has 3 aliphatic heterocycles. The van der Waals surface area contributed by atoms with E-state index >= 15 is 0 Å². The van der Waals surface area contributed by atoms with Crippen LogP contribution in [0.1, 0.15) is 30.9 Å². The lowest BCUT2D eigenvalue weighted by molar-refractivity contribution is -0.144. The van der Waals surface area contributed by atoms with Gasteiger partial charge >= 0.3 is 0 Å². The molecule has 1 aromatic rings. The molecule has 4 rings (SSSR count). The summed E-state index contributed by atoms with van der Waals surface area (Å²) in [6.45, 7) is 3.37. The number of rotatable bonds is 2. The molecule has 4 nitrogen and oxygen atoms in total. The van der Waals surface area contributed by atoms with Gasteiger partial charge in [-0.25, -0.2) is 0 Å². The third-order valence-corrected chi connectivity index (χ3v) is 5.34. The van der Waals surface area contributed by atoms with Gasteiger partial charge < -0.3 is 15.0 Å². The highest BCUT2D eigenvalue weighted by Gasteiger charge is 2.60. The predicted octanol–water partition coefficient (Wildman–Crippen LogP) is 1.73. The molecule has 21 heavy (non-hydrogen) atoms. The molecule has 112 valence electrons. The van der Waals surface area contributed by atoms with Crippen molar-refractivity contribution in [1.29, 1.82) is 0 Å². The van der Waals surface area contributed by atoms with Gasteiger partial charge in [0, 0.05) is 19.1 Å². The highest BCUT2D eigenvalue weighted by molar-refractivity contribution is 5.85. The van der Waals surface area contributed by atoms with Crippen LogP contribution in [0, 0.1) is 5.41 Å². The molecule has 0 saturated carbocycles. The second-order valence-electron chi connectivity index (χ2n) is 6.42. The Bertz CT molecular complexity index is 527. The Balaban J connectivity index is 1.72. The fourth-order valence-corrected chi connectivity index (χ4v) is 4.28. The van der Waals surface area contributed by atoms with Gasteiger partial charge in [0.2, 0.25) is 5.91 Å². The first-order valence-electron chi connectivity index (χ1n) is 8.02. The van der Waals surface area contributed by atoms with E-state index in [9.17, 15) is 4.79 Å². The monoisotopic (exact) mass is 286 g/mol. The predicted molar refractivity (Wildman–Crippen MR) is 79.8 cm³/mol. The van der Waals surface area contributed by atoms with Crippen LogP contribution in [0.5, 0.6) is 0 Å².